The van der Waals surface area contributed by atoms with Crippen molar-refractivity contribution in [1.82, 2.24) is 0 Å². The van der Waals surface area contributed by atoms with Crippen molar-refractivity contribution in [3.63, 3.8) is 0 Å². The van der Waals surface area contributed by atoms with Gasteiger partial charge in [0.2, 0.25) is 0 Å². The molecule has 1 heterocycles. The van der Waals surface area contributed by atoms with Crippen LogP contribution in [0.2, 0.25) is 0 Å². The zero-order valence-electron chi connectivity index (χ0n) is 5.64. The molecule has 0 amide bonds. The summed E-state index contributed by atoms with van der Waals surface area (Å²) in [5, 5.41) is 8.56. The van der Waals surface area contributed by atoms with Gasteiger partial charge >= 0.3 is 5.97 Å². The Hall–Kier alpha value is -0.240. The molecular formula is C6H4BrFINO2. The molecule has 0 atom stereocenters. The third kappa shape index (κ3) is 1.74. The van der Waals surface area contributed by atoms with Gasteiger partial charge in [0.15, 0.2) is 5.83 Å². The van der Waals surface area contributed by atoms with Gasteiger partial charge in [0.05, 0.1) is 13.8 Å². The average Bonchev–Trinajstić information content (AvgIpc) is 2.00. The van der Waals surface area contributed by atoms with Crippen LogP contribution >= 0.6 is 36.7 Å². The molecule has 66 valence electrons. The molecule has 3 N–H and O–H groups in total. The van der Waals surface area contributed by atoms with Crippen molar-refractivity contribution in [3.05, 3.63) is 19.6 Å². The van der Waals surface area contributed by atoms with Gasteiger partial charge in [-0.2, -0.15) is 0 Å². The molecule has 0 aromatic carbocycles. The summed E-state index contributed by atoms with van der Waals surface area (Å²) >= 11 is 2.27. The lowest BCUT2D eigenvalue weighted by Crippen LogP contribution is -2.13. The molecule has 1 rings (SSSR count). The lowest BCUT2D eigenvalue weighted by molar-refractivity contribution is -0.132. The zero-order valence-corrected chi connectivity index (χ0v) is 9.39. The van der Waals surface area contributed by atoms with Crippen molar-refractivity contribution < 1.29 is 14.3 Å². The normalized spacial score (nSPS) is 17.8. The van der Waals surface area contributed by atoms with E-state index in [-0.39, 0.29) is 11.3 Å². The lowest BCUT2D eigenvalue weighted by Gasteiger charge is -2.06. The Labute approximate surface area is 86.0 Å². The SMILES string of the molecule is NC1=C(C(=O)O)C=IC(Br)=C1F. The minimum absolute atomic E-state index is 0.122. The van der Waals surface area contributed by atoms with Gasteiger partial charge in [0.25, 0.3) is 0 Å². The highest BCUT2D eigenvalue weighted by Gasteiger charge is 2.18. The number of carbonyl (C=O) groups is 1. The quantitative estimate of drug-likeness (QED) is 0.708. The van der Waals surface area contributed by atoms with E-state index in [9.17, 15) is 9.18 Å². The summed E-state index contributed by atoms with van der Waals surface area (Å²) in [6, 6.07) is 0. The molecule has 0 aliphatic carbocycles. The molecule has 0 unspecified atom stereocenters. The van der Waals surface area contributed by atoms with Crippen LogP contribution in [0.1, 0.15) is 0 Å². The van der Waals surface area contributed by atoms with Crippen LogP contribution < -0.4 is 5.73 Å². The molecule has 1 aliphatic rings. The van der Waals surface area contributed by atoms with E-state index in [0.29, 0.717) is 2.49 Å². The summed E-state index contributed by atoms with van der Waals surface area (Å²) in [6.07, 6.45) is 0. The molecule has 0 spiro atoms. The molecule has 0 aromatic rings. The molecule has 12 heavy (non-hydrogen) atoms. The smallest absolute Gasteiger partial charge is 0.338 e. The minimum Gasteiger partial charge on any atom is -0.478 e. The van der Waals surface area contributed by atoms with Gasteiger partial charge in [-0.3, -0.25) is 0 Å². The first-order valence-electron chi connectivity index (χ1n) is 2.79. The Kier molecular flexibility index (Phi) is 2.99. The van der Waals surface area contributed by atoms with Crippen LogP contribution in [0, 0.1) is 0 Å². The number of halogens is 3. The first-order valence-corrected chi connectivity index (χ1v) is 5.91. The third-order valence-corrected chi connectivity index (χ3v) is 4.65. The van der Waals surface area contributed by atoms with E-state index in [1.807, 2.05) is 0 Å². The van der Waals surface area contributed by atoms with Crippen molar-refractivity contribution in [2.45, 2.75) is 0 Å². The number of carboxylic acid groups (broad SMARTS) is 1. The van der Waals surface area contributed by atoms with E-state index in [0.717, 1.165) is 0 Å². The largest absolute Gasteiger partial charge is 0.478 e. The van der Waals surface area contributed by atoms with Crippen LogP contribution in [-0.2, 0) is 4.79 Å². The lowest BCUT2D eigenvalue weighted by atomic mass is 10.2. The van der Waals surface area contributed by atoms with Crippen molar-refractivity contribution >= 4 is 46.6 Å². The van der Waals surface area contributed by atoms with E-state index >= 15 is 0 Å². The Bertz CT molecular complexity index is 334. The van der Waals surface area contributed by atoms with Crippen LogP contribution in [0.3, 0.4) is 0 Å². The number of carboxylic acids is 1. The fourth-order valence-corrected chi connectivity index (χ4v) is 3.14. The molecule has 3 nitrogen and oxygen atoms in total. The highest BCUT2D eigenvalue weighted by molar-refractivity contribution is 14.2. The van der Waals surface area contributed by atoms with Gasteiger partial charge in [0.1, 0.15) is 0 Å². The average molecular weight is 348 g/mol. The van der Waals surface area contributed by atoms with Crippen LogP contribution in [0.15, 0.2) is 19.6 Å². The topological polar surface area (TPSA) is 63.3 Å². The Balaban J connectivity index is 3.24. The van der Waals surface area contributed by atoms with E-state index in [1.165, 1.54) is 4.01 Å². The van der Waals surface area contributed by atoms with Gasteiger partial charge in [-0.05, 0) is 19.9 Å². The number of allylic oxidation sites excluding steroid dienone is 1. The molecule has 1 aliphatic heterocycles. The predicted molar refractivity (Wildman–Crippen MR) is 56.0 cm³/mol. The van der Waals surface area contributed by atoms with Gasteiger partial charge in [-0.1, -0.05) is 20.7 Å². The maximum Gasteiger partial charge on any atom is 0.338 e. The third-order valence-electron chi connectivity index (χ3n) is 1.18. The second-order valence-corrected chi connectivity index (χ2v) is 6.52. The number of hydrogen-bond acceptors (Lipinski definition) is 2. The number of hydrogen-bond donors (Lipinski definition) is 2. The Morgan fingerprint density at radius 2 is 2.33 bits per heavy atom. The standard InChI is InChI=1S/C6H4BrFINO2/c7-5-3(8)4(10)2(1-9-5)6(11)12/h1H,10H2,(H,11,12). The van der Waals surface area contributed by atoms with E-state index < -0.39 is 32.5 Å². The molecular weight excluding hydrogens is 344 g/mol. The van der Waals surface area contributed by atoms with Gasteiger partial charge in [-0.25, -0.2) is 9.18 Å². The molecule has 6 heteroatoms. The summed E-state index contributed by atoms with van der Waals surface area (Å²) in [7, 11) is 0. The summed E-state index contributed by atoms with van der Waals surface area (Å²) in [5.74, 6) is -1.81. The fraction of sp³-hybridized carbons (Fsp3) is 0. The molecule has 0 saturated carbocycles. The summed E-state index contributed by atoms with van der Waals surface area (Å²) < 4.78 is 14.8. The summed E-state index contributed by atoms with van der Waals surface area (Å²) in [4.78, 5) is 10.5. The maximum atomic E-state index is 13.0. The van der Waals surface area contributed by atoms with Crippen molar-refractivity contribution in [3.8, 4) is 0 Å². The van der Waals surface area contributed by atoms with Crippen molar-refractivity contribution in [1.29, 1.82) is 0 Å². The second-order valence-electron chi connectivity index (χ2n) is 1.93. The number of aliphatic carboxylic acids is 1. The van der Waals surface area contributed by atoms with Crippen molar-refractivity contribution in [2.75, 3.05) is 0 Å². The van der Waals surface area contributed by atoms with E-state index in [1.54, 1.807) is 0 Å². The molecule has 0 saturated heterocycles. The molecule has 0 aromatic heterocycles. The van der Waals surface area contributed by atoms with E-state index in [4.69, 9.17) is 10.8 Å². The summed E-state index contributed by atoms with van der Waals surface area (Å²) in [5.41, 5.74) is 4.82. The zero-order chi connectivity index (χ0) is 9.30. The first kappa shape index (κ1) is 9.85. The fourth-order valence-electron chi connectivity index (χ4n) is 0.591. The highest BCUT2D eigenvalue weighted by atomic mass is 127. The maximum absolute atomic E-state index is 13.0. The molecule has 0 bridgehead atoms. The second kappa shape index (κ2) is 3.65. The predicted octanol–water partition coefficient (Wildman–Crippen LogP) is 1.60. The van der Waals surface area contributed by atoms with Gasteiger partial charge < -0.3 is 10.8 Å². The summed E-state index contributed by atoms with van der Waals surface area (Å²) in [6.45, 7) is 0. The Morgan fingerprint density at radius 3 is 2.83 bits per heavy atom. The monoisotopic (exact) mass is 347 g/mol. The van der Waals surface area contributed by atoms with Crippen molar-refractivity contribution in [2.24, 2.45) is 5.73 Å². The minimum atomic E-state index is -1.18. The molecule has 0 radical (unpaired) electrons. The van der Waals surface area contributed by atoms with E-state index in [2.05, 4.69) is 15.9 Å². The highest BCUT2D eigenvalue weighted by Crippen LogP contribution is 2.33. The van der Waals surface area contributed by atoms with Gasteiger partial charge in [0, 0.05) is 0 Å². The van der Waals surface area contributed by atoms with Gasteiger partial charge in [-0.15, -0.1) is 0 Å². The van der Waals surface area contributed by atoms with Crippen LogP contribution in [0.25, 0.3) is 0 Å². The van der Waals surface area contributed by atoms with Crippen LogP contribution in [0.4, 0.5) is 4.39 Å². The number of nitrogens with two attached hydrogens (primary N) is 1. The number of rotatable bonds is 1. The Morgan fingerprint density at radius 1 is 1.75 bits per heavy atom. The van der Waals surface area contributed by atoms with Crippen LogP contribution in [0.5, 0.6) is 0 Å². The van der Waals surface area contributed by atoms with Crippen LogP contribution in [-0.4, -0.2) is 15.1 Å². The first-order chi connectivity index (χ1) is 5.54. The molecule has 0 fully saturated rings.